The largest absolute Gasteiger partial charge is 0.464 e. The van der Waals surface area contributed by atoms with Gasteiger partial charge in [0.1, 0.15) is 12.6 Å². The van der Waals surface area contributed by atoms with E-state index in [1.54, 1.807) is 38.2 Å². The number of carbonyl (C=O) groups excluding carboxylic acids is 2. The molecule has 1 atom stereocenters. The van der Waals surface area contributed by atoms with Gasteiger partial charge in [-0.3, -0.25) is 9.59 Å². The van der Waals surface area contributed by atoms with Crippen LogP contribution in [0.15, 0.2) is 41.3 Å². The molecule has 0 aliphatic heterocycles. The van der Waals surface area contributed by atoms with E-state index in [0.29, 0.717) is 5.39 Å². The van der Waals surface area contributed by atoms with Crippen LogP contribution in [0.25, 0.3) is 10.8 Å². The second-order valence-electron chi connectivity index (χ2n) is 5.27. The van der Waals surface area contributed by atoms with Gasteiger partial charge in [0.15, 0.2) is 0 Å². The Kier molecular flexibility index (Phi) is 5.16. The van der Waals surface area contributed by atoms with E-state index in [1.165, 1.54) is 16.5 Å². The summed E-state index contributed by atoms with van der Waals surface area (Å²) in [5.41, 5.74) is -0.228. The zero-order valence-electron chi connectivity index (χ0n) is 13.5. The third kappa shape index (κ3) is 3.59. The van der Waals surface area contributed by atoms with Crippen LogP contribution in [0.3, 0.4) is 0 Å². The first-order valence-corrected chi connectivity index (χ1v) is 7.46. The molecule has 2 aromatic rings. The van der Waals surface area contributed by atoms with Crippen molar-refractivity contribution in [2.75, 3.05) is 13.7 Å². The van der Waals surface area contributed by atoms with Crippen molar-refractivity contribution in [3.05, 3.63) is 46.9 Å². The molecule has 0 saturated carbocycles. The quantitative estimate of drug-likeness (QED) is 0.782. The summed E-state index contributed by atoms with van der Waals surface area (Å²) in [6.45, 7) is 3.44. The van der Waals surface area contributed by atoms with Crippen molar-refractivity contribution in [2.24, 2.45) is 0 Å². The first-order chi connectivity index (χ1) is 11.0. The van der Waals surface area contributed by atoms with Gasteiger partial charge < -0.3 is 14.2 Å². The zero-order valence-corrected chi connectivity index (χ0v) is 13.5. The molecule has 1 amide bonds. The molecule has 0 aliphatic rings. The molecule has 0 aliphatic carbocycles. The first kappa shape index (κ1) is 16.7. The molecule has 0 N–H and O–H groups in total. The van der Waals surface area contributed by atoms with E-state index in [2.05, 4.69) is 0 Å². The average molecular weight is 316 g/mol. The molecule has 0 spiro atoms. The number of hydrogen-bond acceptors (Lipinski definition) is 4. The lowest BCUT2D eigenvalue weighted by Gasteiger charge is -2.23. The lowest BCUT2D eigenvalue weighted by molar-refractivity contribution is -0.153. The third-order valence-corrected chi connectivity index (χ3v) is 3.79. The number of aromatic nitrogens is 1. The number of fused-ring (bicyclic) bond motifs is 1. The molecule has 1 unspecified atom stereocenters. The van der Waals surface area contributed by atoms with Gasteiger partial charge in [0.2, 0.25) is 5.91 Å². The number of rotatable bonds is 5. The van der Waals surface area contributed by atoms with Crippen LogP contribution in [-0.2, 0) is 20.9 Å². The summed E-state index contributed by atoms with van der Waals surface area (Å²) < 4.78 is 6.25. The fourth-order valence-corrected chi connectivity index (χ4v) is 2.25. The van der Waals surface area contributed by atoms with Gasteiger partial charge in [-0.15, -0.1) is 0 Å². The number of likely N-dealkylation sites (N-methyl/N-ethyl adjacent to an activating group) is 1. The normalized spacial score (nSPS) is 12.0. The van der Waals surface area contributed by atoms with Gasteiger partial charge in [0.25, 0.3) is 5.56 Å². The van der Waals surface area contributed by atoms with Crippen molar-refractivity contribution >= 4 is 22.6 Å². The summed E-state index contributed by atoms with van der Waals surface area (Å²) in [6.07, 6.45) is 1.59. The van der Waals surface area contributed by atoms with Crippen LogP contribution >= 0.6 is 0 Å². The topological polar surface area (TPSA) is 68.6 Å². The number of ether oxygens (including phenoxy) is 1. The monoisotopic (exact) mass is 316 g/mol. The molecule has 23 heavy (non-hydrogen) atoms. The highest BCUT2D eigenvalue weighted by molar-refractivity contribution is 5.85. The standard InChI is InChI=1S/C17H20N2O4/c1-4-23-17(22)12(2)18(3)15(20)11-19-10-9-13-7-5-6-8-14(13)16(19)21/h5-10,12H,4,11H2,1-3H3. The molecule has 2 rings (SSSR count). The van der Waals surface area contributed by atoms with Crippen molar-refractivity contribution in [1.82, 2.24) is 9.47 Å². The fourth-order valence-electron chi connectivity index (χ4n) is 2.25. The molecule has 0 fully saturated rings. The van der Waals surface area contributed by atoms with Gasteiger partial charge in [-0.25, -0.2) is 4.79 Å². The Bertz CT molecular complexity index is 782. The van der Waals surface area contributed by atoms with Crippen LogP contribution in [0.1, 0.15) is 13.8 Å². The Morgan fingerprint density at radius 3 is 2.65 bits per heavy atom. The minimum atomic E-state index is -0.696. The van der Waals surface area contributed by atoms with E-state index in [4.69, 9.17) is 4.74 Å². The number of benzene rings is 1. The van der Waals surface area contributed by atoms with E-state index in [9.17, 15) is 14.4 Å². The highest BCUT2D eigenvalue weighted by Gasteiger charge is 2.23. The molecule has 6 heteroatoms. The second kappa shape index (κ2) is 7.09. The van der Waals surface area contributed by atoms with E-state index >= 15 is 0 Å². The van der Waals surface area contributed by atoms with Crippen molar-refractivity contribution in [2.45, 2.75) is 26.4 Å². The summed E-state index contributed by atoms with van der Waals surface area (Å²) >= 11 is 0. The molecule has 1 aromatic carbocycles. The van der Waals surface area contributed by atoms with E-state index in [1.807, 2.05) is 12.1 Å². The van der Waals surface area contributed by atoms with Crippen LogP contribution in [0, 0.1) is 0 Å². The summed E-state index contributed by atoms with van der Waals surface area (Å²) in [4.78, 5) is 37.7. The number of esters is 1. The SMILES string of the molecule is CCOC(=O)C(C)N(C)C(=O)Cn1ccc2ccccc2c1=O. The van der Waals surface area contributed by atoms with Crippen LogP contribution in [0.2, 0.25) is 0 Å². The molecule has 0 bridgehead atoms. The minimum Gasteiger partial charge on any atom is -0.464 e. The third-order valence-electron chi connectivity index (χ3n) is 3.79. The maximum Gasteiger partial charge on any atom is 0.328 e. The van der Waals surface area contributed by atoms with Gasteiger partial charge in [0, 0.05) is 18.6 Å². The molecular weight excluding hydrogens is 296 g/mol. The Balaban J connectivity index is 2.18. The maximum atomic E-state index is 12.4. The fraction of sp³-hybridized carbons (Fsp3) is 0.353. The Morgan fingerprint density at radius 2 is 1.96 bits per heavy atom. The van der Waals surface area contributed by atoms with Crippen molar-refractivity contribution in [3.8, 4) is 0 Å². The van der Waals surface area contributed by atoms with Gasteiger partial charge in [0.05, 0.1) is 6.61 Å². The van der Waals surface area contributed by atoms with E-state index in [0.717, 1.165) is 5.39 Å². The average Bonchev–Trinajstić information content (AvgIpc) is 2.56. The highest BCUT2D eigenvalue weighted by atomic mass is 16.5. The maximum absolute atomic E-state index is 12.4. The van der Waals surface area contributed by atoms with Crippen LogP contribution in [0.5, 0.6) is 0 Å². The Morgan fingerprint density at radius 1 is 1.26 bits per heavy atom. The molecule has 0 radical (unpaired) electrons. The van der Waals surface area contributed by atoms with Crippen molar-refractivity contribution in [1.29, 1.82) is 0 Å². The van der Waals surface area contributed by atoms with E-state index < -0.39 is 12.0 Å². The van der Waals surface area contributed by atoms with Crippen LogP contribution in [0.4, 0.5) is 0 Å². The summed E-state index contributed by atoms with van der Waals surface area (Å²) in [5.74, 6) is -0.794. The summed E-state index contributed by atoms with van der Waals surface area (Å²) in [5, 5.41) is 1.39. The Labute approximate surface area is 134 Å². The predicted molar refractivity (Wildman–Crippen MR) is 87.1 cm³/mol. The minimum absolute atomic E-state index is 0.121. The van der Waals surface area contributed by atoms with Gasteiger partial charge in [-0.1, -0.05) is 18.2 Å². The number of carbonyl (C=O) groups is 2. The Hall–Kier alpha value is -2.63. The molecule has 1 aromatic heterocycles. The lowest BCUT2D eigenvalue weighted by Crippen LogP contribution is -2.43. The van der Waals surface area contributed by atoms with Crippen molar-refractivity contribution < 1.29 is 14.3 Å². The molecular formula is C17H20N2O4. The van der Waals surface area contributed by atoms with Gasteiger partial charge >= 0.3 is 5.97 Å². The molecule has 6 nitrogen and oxygen atoms in total. The smallest absolute Gasteiger partial charge is 0.328 e. The molecule has 122 valence electrons. The first-order valence-electron chi connectivity index (χ1n) is 7.46. The highest BCUT2D eigenvalue weighted by Crippen LogP contribution is 2.08. The molecule has 1 heterocycles. The van der Waals surface area contributed by atoms with Crippen LogP contribution in [-0.4, -0.2) is 41.0 Å². The van der Waals surface area contributed by atoms with Crippen molar-refractivity contribution in [3.63, 3.8) is 0 Å². The number of hydrogen-bond donors (Lipinski definition) is 0. The predicted octanol–water partition coefficient (Wildman–Crippen LogP) is 1.41. The van der Waals surface area contributed by atoms with Gasteiger partial charge in [-0.2, -0.15) is 0 Å². The summed E-state index contributed by atoms with van der Waals surface area (Å²) in [7, 11) is 1.52. The molecule has 0 saturated heterocycles. The number of amides is 1. The number of nitrogens with zero attached hydrogens (tertiary/aromatic N) is 2. The van der Waals surface area contributed by atoms with Gasteiger partial charge in [-0.05, 0) is 31.4 Å². The van der Waals surface area contributed by atoms with E-state index in [-0.39, 0.29) is 24.6 Å². The second-order valence-corrected chi connectivity index (χ2v) is 5.27. The lowest BCUT2D eigenvalue weighted by atomic mass is 10.2. The zero-order chi connectivity index (χ0) is 17.0. The van der Waals surface area contributed by atoms with Crippen LogP contribution < -0.4 is 5.56 Å². The summed E-state index contributed by atoms with van der Waals surface area (Å²) in [6, 6.07) is 8.30. The number of pyridine rings is 1.